The van der Waals surface area contributed by atoms with Gasteiger partial charge in [0.05, 0.1) is 29.6 Å². The van der Waals surface area contributed by atoms with E-state index in [1.54, 1.807) is 0 Å². The highest BCUT2D eigenvalue weighted by molar-refractivity contribution is 5.94. The molecule has 0 spiro atoms. The standard InChI is InChI=1S/C21H32N4/c1-5-13-9-17(22-13)21(18-10-14(6-2)23-18,19-11-15(7-3)24-19)20-12-16(8-4)25-20/h17-20H,5-12H2,1-4H3. The summed E-state index contributed by atoms with van der Waals surface area (Å²) in [6.07, 6.45) is 8.92. The Morgan fingerprint density at radius 1 is 0.560 bits per heavy atom. The summed E-state index contributed by atoms with van der Waals surface area (Å²) in [7, 11) is 0. The van der Waals surface area contributed by atoms with Crippen molar-refractivity contribution in [2.45, 2.75) is 103 Å². The molecule has 0 N–H and O–H groups in total. The highest BCUT2D eigenvalue weighted by Gasteiger charge is 2.62. The summed E-state index contributed by atoms with van der Waals surface area (Å²) in [6.45, 7) is 8.89. The Morgan fingerprint density at radius 2 is 0.760 bits per heavy atom. The van der Waals surface area contributed by atoms with E-state index in [-0.39, 0.29) is 5.41 Å². The van der Waals surface area contributed by atoms with E-state index in [0.717, 1.165) is 51.4 Å². The van der Waals surface area contributed by atoms with Crippen LogP contribution in [0.4, 0.5) is 0 Å². The SMILES string of the molecule is CCC1=NC(C(C2CC(CC)=N2)(C2CC(CC)=N2)C2CC(CC)=N2)C1. The van der Waals surface area contributed by atoms with Crippen molar-refractivity contribution in [3.63, 3.8) is 0 Å². The van der Waals surface area contributed by atoms with Gasteiger partial charge in [-0.2, -0.15) is 0 Å². The molecule has 25 heavy (non-hydrogen) atoms. The van der Waals surface area contributed by atoms with Crippen LogP contribution in [-0.2, 0) is 0 Å². The number of aliphatic imine (C=N–C) groups is 4. The Hall–Kier alpha value is -1.32. The summed E-state index contributed by atoms with van der Waals surface area (Å²) in [5, 5.41) is 0. The zero-order valence-corrected chi connectivity index (χ0v) is 16.3. The monoisotopic (exact) mass is 340 g/mol. The third kappa shape index (κ3) is 2.47. The molecule has 4 heteroatoms. The Morgan fingerprint density at radius 3 is 0.920 bits per heavy atom. The molecule has 4 aliphatic rings. The lowest BCUT2D eigenvalue weighted by Gasteiger charge is -2.58. The molecule has 4 heterocycles. The van der Waals surface area contributed by atoms with Crippen LogP contribution in [0.3, 0.4) is 0 Å². The molecule has 0 aromatic carbocycles. The van der Waals surface area contributed by atoms with E-state index in [1.807, 2.05) is 0 Å². The molecule has 0 aromatic heterocycles. The van der Waals surface area contributed by atoms with E-state index >= 15 is 0 Å². The molecule has 0 saturated carbocycles. The van der Waals surface area contributed by atoms with Gasteiger partial charge in [0.1, 0.15) is 0 Å². The first kappa shape index (κ1) is 17.1. The Balaban J connectivity index is 1.71. The van der Waals surface area contributed by atoms with Gasteiger partial charge in [0.25, 0.3) is 0 Å². The fraction of sp³-hybridized carbons (Fsp3) is 0.810. The fourth-order valence-electron chi connectivity index (χ4n) is 5.15. The predicted molar refractivity (Wildman–Crippen MR) is 107 cm³/mol. The number of hydrogen-bond acceptors (Lipinski definition) is 4. The van der Waals surface area contributed by atoms with Crippen LogP contribution in [0, 0.1) is 5.41 Å². The largest absolute Gasteiger partial charge is 0.290 e. The van der Waals surface area contributed by atoms with Gasteiger partial charge in [0, 0.05) is 48.5 Å². The second kappa shape index (κ2) is 6.44. The van der Waals surface area contributed by atoms with Gasteiger partial charge < -0.3 is 0 Å². The number of nitrogens with zero attached hydrogens (tertiary/aromatic N) is 4. The van der Waals surface area contributed by atoms with Crippen LogP contribution < -0.4 is 0 Å². The summed E-state index contributed by atoms with van der Waals surface area (Å²) in [5.41, 5.74) is 5.57. The molecule has 4 rings (SSSR count). The molecule has 4 nitrogen and oxygen atoms in total. The van der Waals surface area contributed by atoms with E-state index in [9.17, 15) is 0 Å². The van der Waals surface area contributed by atoms with Crippen LogP contribution in [0.25, 0.3) is 0 Å². The second-order valence-corrected chi connectivity index (χ2v) is 8.08. The van der Waals surface area contributed by atoms with E-state index in [2.05, 4.69) is 27.7 Å². The molecule has 4 atom stereocenters. The highest BCUT2D eigenvalue weighted by atomic mass is 15.1. The van der Waals surface area contributed by atoms with E-state index in [0.29, 0.717) is 24.2 Å². The van der Waals surface area contributed by atoms with Crippen LogP contribution in [0.15, 0.2) is 20.0 Å². The Kier molecular flexibility index (Phi) is 4.41. The van der Waals surface area contributed by atoms with Gasteiger partial charge in [-0.05, 0) is 25.7 Å². The predicted octanol–water partition coefficient (Wildman–Crippen LogP) is 4.47. The first-order valence-electron chi connectivity index (χ1n) is 10.4. The van der Waals surface area contributed by atoms with E-state index in [4.69, 9.17) is 20.0 Å². The number of rotatable bonds is 8. The zero-order chi connectivity index (χ0) is 17.6. The molecular weight excluding hydrogens is 308 g/mol. The Bertz CT molecular complexity index is 552. The highest BCUT2D eigenvalue weighted by Crippen LogP contribution is 2.54. The van der Waals surface area contributed by atoms with Gasteiger partial charge in [-0.25, -0.2) is 0 Å². The average Bonchev–Trinajstić information content (AvgIpc) is 2.42. The van der Waals surface area contributed by atoms with Crippen molar-refractivity contribution in [2.24, 2.45) is 25.4 Å². The lowest BCUT2D eigenvalue weighted by Crippen LogP contribution is -2.66. The minimum absolute atomic E-state index is 0.0503. The summed E-state index contributed by atoms with van der Waals surface area (Å²) >= 11 is 0. The van der Waals surface area contributed by atoms with Crippen molar-refractivity contribution in [2.75, 3.05) is 0 Å². The molecule has 0 radical (unpaired) electrons. The third-order valence-corrected chi connectivity index (χ3v) is 7.01. The van der Waals surface area contributed by atoms with Crippen molar-refractivity contribution in [1.29, 1.82) is 0 Å². The summed E-state index contributed by atoms with van der Waals surface area (Å²) in [6, 6.07) is 1.53. The van der Waals surface area contributed by atoms with Crippen molar-refractivity contribution in [1.82, 2.24) is 0 Å². The van der Waals surface area contributed by atoms with Gasteiger partial charge in [-0.3, -0.25) is 20.0 Å². The van der Waals surface area contributed by atoms with Gasteiger partial charge in [0.15, 0.2) is 0 Å². The van der Waals surface area contributed by atoms with E-state index in [1.165, 1.54) is 22.8 Å². The first-order chi connectivity index (χ1) is 12.1. The van der Waals surface area contributed by atoms with Crippen molar-refractivity contribution < 1.29 is 0 Å². The van der Waals surface area contributed by atoms with Crippen molar-refractivity contribution >= 4 is 22.8 Å². The van der Waals surface area contributed by atoms with Gasteiger partial charge in [0.2, 0.25) is 0 Å². The molecule has 136 valence electrons. The van der Waals surface area contributed by atoms with Crippen LogP contribution in [-0.4, -0.2) is 47.0 Å². The minimum Gasteiger partial charge on any atom is -0.290 e. The maximum absolute atomic E-state index is 5.08. The molecule has 4 unspecified atom stereocenters. The second-order valence-electron chi connectivity index (χ2n) is 8.08. The van der Waals surface area contributed by atoms with Crippen molar-refractivity contribution in [3.05, 3.63) is 0 Å². The van der Waals surface area contributed by atoms with Gasteiger partial charge in [-0.1, -0.05) is 27.7 Å². The number of hydrogen-bond donors (Lipinski definition) is 0. The molecule has 0 bridgehead atoms. The summed E-state index contributed by atoms with van der Waals surface area (Å²) < 4.78 is 0. The smallest absolute Gasteiger partial charge is 0.0669 e. The normalized spacial score (nSPS) is 35.7. The quantitative estimate of drug-likeness (QED) is 0.626. The lowest BCUT2D eigenvalue weighted by molar-refractivity contribution is 0.0721. The third-order valence-electron chi connectivity index (χ3n) is 7.01. The minimum atomic E-state index is 0.0503. The maximum Gasteiger partial charge on any atom is 0.0669 e. The van der Waals surface area contributed by atoms with E-state index < -0.39 is 0 Å². The molecule has 0 fully saturated rings. The average molecular weight is 341 g/mol. The van der Waals surface area contributed by atoms with Crippen molar-refractivity contribution in [3.8, 4) is 0 Å². The molecular formula is C21H32N4. The zero-order valence-electron chi connectivity index (χ0n) is 16.3. The molecule has 0 aromatic rings. The maximum atomic E-state index is 5.08. The van der Waals surface area contributed by atoms with Crippen LogP contribution in [0.5, 0.6) is 0 Å². The fourth-order valence-corrected chi connectivity index (χ4v) is 5.15. The first-order valence-corrected chi connectivity index (χ1v) is 10.4. The Labute approximate surface area is 152 Å². The van der Waals surface area contributed by atoms with Crippen LogP contribution in [0.1, 0.15) is 79.1 Å². The molecule has 4 aliphatic heterocycles. The summed E-state index contributed by atoms with van der Waals surface area (Å²) in [4.78, 5) is 20.3. The lowest BCUT2D eigenvalue weighted by atomic mass is 9.55. The van der Waals surface area contributed by atoms with Gasteiger partial charge in [-0.15, -0.1) is 0 Å². The molecule has 0 aliphatic carbocycles. The van der Waals surface area contributed by atoms with Crippen LogP contribution in [0.2, 0.25) is 0 Å². The molecule has 0 saturated heterocycles. The van der Waals surface area contributed by atoms with Gasteiger partial charge >= 0.3 is 0 Å². The molecule has 0 amide bonds. The topological polar surface area (TPSA) is 49.4 Å². The summed E-state index contributed by atoms with van der Waals surface area (Å²) in [5.74, 6) is 0. The van der Waals surface area contributed by atoms with Crippen LogP contribution >= 0.6 is 0 Å².